The van der Waals surface area contributed by atoms with Crippen LogP contribution >= 0.6 is 19.5 Å². The summed E-state index contributed by atoms with van der Waals surface area (Å²) in [7, 11) is -4.06. The lowest BCUT2D eigenvalue weighted by Crippen LogP contribution is -2.36. The Hall–Kier alpha value is -2.37. The van der Waals surface area contributed by atoms with Crippen molar-refractivity contribution in [1.29, 1.82) is 0 Å². The summed E-state index contributed by atoms with van der Waals surface area (Å²) >= 11 is 1.29. The Bertz CT molecular complexity index is 1100. The molecule has 5 atom stereocenters. The van der Waals surface area contributed by atoms with Gasteiger partial charge in [0.25, 0.3) is 0 Å². The van der Waals surface area contributed by atoms with Crippen LogP contribution in [0.1, 0.15) is 32.6 Å². The molecule has 13 heteroatoms. The topological polar surface area (TPSA) is 155 Å². The summed E-state index contributed by atoms with van der Waals surface area (Å²) in [5, 5.41) is 12.3. The van der Waals surface area contributed by atoms with Crippen LogP contribution in [0.4, 0.5) is 5.82 Å². The molecular formula is C22H31N4O7PS. The summed E-state index contributed by atoms with van der Waals surface area (Å²) in [5.41, 5.74) is 5.03. The van der Waals surface area contributed by atoms with Crippen molar-refractivity contribution in [3.8, 4) is 5.75 Å². The smallest absolute Gasteiger partial charge is 0.459 e. The first kappa shape index (κ1) is 27.2. The number of anilines is 1. The molecule has 1 aliphatic rings. The molecule has 35 heavy (non-hydrogen) atoms. The maximum Gasteiger partial charge on any atom is 0.459 e. The number of nitrogens with two attached hydrogens (primary N) is 1. The molecule has 1 fully saturated rings. The van der Waals surface area contributed by atoms with Crippen molar-refractivity contribution >= 4 is 31.3 Å². The van der Waals surface area contributed by atoms with E-state index in [4.69, 9.17) is 19.5 Å². The second-order valence-corrected chi connectivity index (χ2v) is 11.7. The number of aliphatic hydroxyl groups is 1. The number of aromatic nitrogens is 2. The van der Waals surface area contributed by atoms with E-state index in [1.54, 1.807) is 30.3 Å². The number of nitrogens with zero attached hydrogens (tertiary/aromatic N) is 2. The number of ether oxygens (including phenoxy) is 1. The number of hydrogen-bond acceptors (Lipinski definition) is 10. The fraction of sp³-hybridized carbons (Fsp3) is 0.500. The maximum atomic E-state index is 13.6. The molecule has 3 rings (SSSR count). The van der Waals surface area contributed by atoms with E-state index < -0.39 is 42.2 Å². The minimum Gasteiger partial charge on any atom is -0.464 e. The highest BCUT2D eigenvalue weighted by atomic mass is 32.2. The molecule has 2 aromatic rings. The molecule has 2 heterocycles. The van der Waals surface area contributed by atoms with Gasteiger partial charge in [0.2, 0.25) is 0 Å². The number of esters is 1. The van der Waals surface area contributed by atoms with E-state index in [0.29, 0.717) is 0 Å². The van der Waals surface area contributed by atoms with E-state index in [1.165, 1.54) is 35.5 Å². The van der Waals surface area contributed by atoms with Gasteiger partial charge in [-0.3, -0.25) is 13.9 Å². The lowest BCUT2D eigenvalue weighted by Gasteiger charge is -2.24. The molecule has 0 bridgehead atoms. The fourth-order valence-electron chi connectivity index (χ4n) is 3.23. The third-order valence-corrected chi connectivity index (χ3v) is 8.19. The number of carbonyl (C=O) groups excluding carboxylic acids is 1. The summed E-state index contributed by atoms with van der Waals surface area (Å²) in [6, 6.07) is 8.93. The summed E-state index contributed by atoms with van der Waals surface area (Å²) in [6.07, 6.45) is 0.945. The molecule has 3 unspecified atom stereocenters. The number of hydrogen-bond donors (Lipinski definition) is 3. The molecule has 0 saturated carbocycles. The second-order valence-electron chi connectivity index (χ2n) is 8.55. The maximum absolute atomic E-state index is 13.6. The highest BCUT2D eigenvalue weighted by molar-refractivity contribution is 8.00. The minimum atomic E-state index is -4.06. The lowest BCUT2D eigenvalue weighted by atomic mass is 10.2. The molecule has 192 valence electrons. The average Bonchev–Trinajstić information content (AvgIpc) is 3.16. The summed E-state index contributed by atoms with van der Waals surface area (Å²) in [4.78, 5) is 28.2. The SMILES string of the molecule is CC(C)COC(=O)[C@H](C)N[P@](=O)(OCC1SC(n2ccc(N)nc2=O)CC1O)Oc1ccccc1. The van der Waals surface area contributed by atoms with Crippen molar-refractivity contribution in [2.45, 2.75) is 50.0 Å². The number of thioether (sulfide) groups is 1. The number of rotatable bonds is 11. The number of carbonyl (C=O) groups is 1. The first-order valence-corrected chi connectivity index (χ1v) is 13.7. The molecule has 1 aromatic carbocycles. The number of benzene rings is 1. The summed E-state index contributed by atoms with van der Waals surface area (Å²) < 4.78 is 31.5. The third-order valence-electron chi connectivity index (χ3n) is 5.01. The van der Waals surface area contributed by atoms with E-state index >= 15 is 0 Å². The Morgan fingerprint density at radius 3 is 2.69 bits per heavy atom. The van der Waals surface area contributed by atoms with Gasteiger partial charge in [-0.25, -0.2) is 9.36 Å². The van der Waals surface area contributed by atoms with Crippen molar-refractivity contribution in [1.82, 2.24) is 14.6 Å². The number of nitrogen functional groups attached to an aromatic ring is 1. The van der Waals surface area contributed by atoms with Gasteiger partial charge in [-0.1, -0.05) is 32.0 Å². The molecule has 0 amide bonds. The highest BCUT2D eigenvalue weighted by Gasteiger charge is 2.39. The van der Waals surface area contributed by atoms with Gasteiger partial charge in [-0.05, 0) is 31.0 Å². The monoisotopic (exact) mass is 526 g/mol. The molecule has 0 radical (unpaired) electrons. The summed E-state index contributed by atoms with van der Waals surface area (Å²) in [5.74, 6) is -0.0546. The first-order chi connectivity index (χ1) is 16.6. The number of para-hydroxylation sites is 1. The van der Waals surface area contributed by atoms with Gasteiger partial charge in [0.05, 0.1) is 29.9 Å². The Morgan fingerprint density at radius 2 is 2.03 bits per heavy atom. The quantitative estimate of drug-likeness (QED) is 0.292. The lowest BCUT2D eigenvalue weighted by molar-refractivity contribution is -0.146. The van der Waals surface area contributed by atoms with Crippen LogP contribution in [-0.2, 0) is 18.6 Å². The van der Waals surface area contributed by atoms with Crippen LogP contribution in [-0.4, -0.2) is 51.2 Å². The predicted octanol–water partition coefficient (Wildman–Crippen LogP) is 2.57. The molecule has 1 aromatic heterocycles. The molecule has 11 nitrogen and oxygen atoms in total. The van der Waals surface area contributed by atoms with Gasteiger partial charge in [0.1, 0.15) is 17.6 Å². The van der Waals surface area contributed by atoms with Crippen LogP contribution in [0, 0.1) is 5.92 Å². The van der Waals surface area contributed by atoms with Crippen LogP contribution in [0.15, 0.2) is 47.4 Å². The predicted molar refractivity (Wildman–Crippen MR) is 133 cm³/mol. The van der Waals surface area contributed by atoms with Gasteiger partial charge in [-0.2, -0.15) is 10.1 Å². The standard InChI is InChI=1S/C22H31N4O7PS/c1-14(2)12-31-21(28)15(3)25-34(30,33-16-7-5-4-6-8-16)32-13-18-17(27)11-20(35-18)26-10-9-19(23)24-22(26)29/h4-10,14-15,17-18,20,27H,11-13H2,1-3H3,(H,25,30)(H2,23,24,29)/t15-,17?,18?,20?,34-/m0/s1. The average molecular weight is 527 g/mol. The zero-order chi connectivity index (χ0) is 25.6. The number of nitrogens with one attached hydrogen (secondary N) is 1. The van der Waals surface area contributed by atoms with Crippen molar-refractivity contribution in [3.05, 3.63) is 53.1 Å². The first-order valence-electron chi connectivity index (χ1n) is 11.2. The Balaban J connectivity index is 1.69. The Kier molecular flexibility index (Phi) is 9.37. The van der Waals surface area contributed by atoms with Gasteiger partial charge < -0.3 is 20.1 Å². The highest BCUT2D eigenvalue weighted by Crippen LogP contribution is 2.48. The fourth-order valence-corrected chi connectivity index (χ4v) is 6.29. The van der Waals surface area contributed by atoms with E-state index in [9.17, 15) is 19.3 Å². The minimum absolute atomic E-state index is 0.112. The normalized spacial score (nSPS) is 22.5. The van der Waals surface area contributed by atoms with Gasteiger partial charge in [-0.15, -0.1) is 11.8 Å². The van der Waals surface area contributed by atoms with E-state index in [-0.39, 0.29) is 37.1 Å². The zero-order valence-corrected chi connectivity index (χ0v) is 21.5. The molecule has 0 spiro atoms. The molecule has 1 aliphatic heterocycles. The van der Waals surface area contributed by atoms with Crippen molar-refractivity contribution in [2.75, 3.05) is 18.9 Å². The van der Waals surface area contributed by atoms with E-state index in [0.717, 1.165) is 0 Å². The third kappa shape index (κ3) is 7.81. The molecule has 4 N–H and O–H groups in total. The van der Waals surface area contributed by atoms with Crippen molar-refractivity contribution in [3.63, 3.8) is 0 Å². The Labute approximate surface area is 208 Å². The molecular weight excluding hydrogens is 495 g/mol. The molecule has 1 saturated heterocycles. The van der Waals surface area contributed by atoms with Gasteiger partial charge in [0.15, 0.2) is 0 Å². The molecule has 0 aliphatic carbocycles. The largest absolute Gasteiger partial charge is 0.464 e. The number of aliphatic hydroxyl groups excluding tert-OH is 1. The zero-order valence-electron chi connectivity index (χ0n) is 19.8. The van der Waals surface area contributed by atoms with E-state index in [1.807, 2.05) is 13.8 Å². The van der Waals surface area contributed by atoms with Gasteiger partial charge >= 0.3 is 19.4 Å². The van der Waals surface area contributed by atoms with Crippen molar-refractivity contribution < 1.29 is 28.3 Å². The summed E-state index contributed by atoms with van der Waals surface area (Å²) in [6.45, 7) is 5.38. The van der Waals surface area contributed by atoms with E-state index in [2.05, 4.69) is 10.1 Å². The Morgan fingerprint density at radius 1 is 1.31 bits per heavy atom. The van der Waals surface area contributed by atoms with Crippen LogP contribution < -0.4 is 21.0 Å². The van der Waals surface area contributed by atoms with Crippen LogP contribution in [0.3, 0.4) is 0 Å². The van der Waals surface area contributed by atoms with Crippen LogP contribution in [0.2, 0.25) is 0 Å². The van der Waals surface area contributed by atoms with Gasteiger partial charge in [0, 0.05) is 12.6 Å². The second kappa shape index (κ2) is 12.0. The van der Waals surface area contributed by atoms with Crippen molar-refractivity contribution in [2.24, 2.45) is 5.92 Å². The van der Waals surface area contributed by atoms with Crippen LogP contribution in [0.25, 0.3) is 0 Å². The van der Waals surface area contributed by atoms with Crippen LogP contribution in [0.5, 0.6) is 5.75 Å².